The van der Waals surface area contributed by atoms with Crippen molar-refractivity contribution in [2.75, 3.05) is 13.1 Å². The van der Waals surface area contributed by atoms with Gasteiger partial charge in [-0.05, 0) is 29.7 Å². The van der Waals surface area contributed by atoms with Gasteiger partial charge in [0.05, 0.1) is 13.1 Å². The summed E-state index contributed by atoms with van der Waals surface area (Å²) in [6, 6.07) is 6.86. The quantitative estimate of drug-likeness (QED) is 0.842. The highest BCUT2D eigenvalue weighted by Gasteiger charge is 2.46. The van der Waals surface area contributed by atoms with Crippen LogP contribution in [-0.2, 0) is 13.5 Å². The van der Waals surface area contributed by atoms with Gasteiger partial charge in [-0.1, -0.05) is 24.3 Å². The molecule has 4 rings (SSSR count). The van der Waals surface area contributed by atoms with Crippen LogP contribution in [0.25, 0.3) is 17.2 Å². The van der Waals surface area contributed by atoms with Gasteiger partial charge in [0.1, 0.15) is 0 Å². The van der Waals surface area contributed by atoms with Crippen molar-refractivity contribution in [1.29, 1.82) is 0 Å². The van der Waals surface area contributed by atoms with Gasteiger partial charge in [0.25, 0.3) is 17.4 Å². The van der Waals surface area contributed by atoms with E-state index < -0.39 is 19.0 Å². The Balaban J connectivity index is 1.65. The normalized spacial score (nSPS) is 17.3. The molecule has 128 valence electrons. The summed E-state index contributed by atoms with van der Waals surface area (Å²) in [5, 5.41) is 0. The monoisotopic (exact) mass is 342 g/mol. The molecule has 0 unspecified atom stereocenters. The molecule has 1 aliphatic heterocycles. The van der Waals surface area contributed by atoms with Crippen LogP contribution in [0.1, 0.15) is 21.5 Å². The maximum absolute atomic E-state index is 12.9. The number of aryl methyl sites for hydroxylation is 1. The SMILES string of the molecule is Cn1cc(-c2ccc(C(=O)N3CC(F)(F)C3)cc2)c2c(c1=O)CC=C2. The van der Waals surface area contributed by atoms with Gasteiger partial charge in [-0.25, -0.2) is 8.78 Å². The number of allylic oxidation sites excluding steroid dienone is 1. The van der Waals surface area contributed by atoms with Crippen molar-refractivity contribution in [2.24, 2.45) is 7.05 Å². The van der Waals surface area contributed by atoms with Crippen LogP contribution in [0.5, 0.6) is 0 Å². The summed E-state index contributed by atoms with van der Waals surface area (Å²) < 4.78 is 27.4. The Morgan fingerprint density at radius 3 is 2.48 bits per heavy atom. The molecule has 2 aromatic rings. The fraction of sp³-hybridized carbons (Fsp3) is 0.263. The van der Waals surface area contributed by atoms with E-state index in [0.717, 1.165) is 27.2 Å². The zero-order valence-electron chi connectivity index (χ0n) is 13.6. The van der Waals surface area contributed by atoms with Crippen LogP contribution in [0.15, 0.2) is 41.3 Å². The summed E-state index contributed by atoms with van der Waals surface area (Å²) in [7, 11) is 1.71. The van der Waals surface area contributed by atoms with Gasteiger partial charge in [-0.3, -0.25) is 9.59 Å². The molecule has 2 heterocycles. The first-order valence-electron chi connectivity index (χ1n) is 8.02. The number of carbonyl (C=O) groups excluding carboxylic acids is 1. The maximum Gasteiger partial charge on any atom is 0.282 e. The molecular weight excluding hydrogens is 326 g/mol. The lowest BCUT2D eigenvalue weighted by Gasteiger charge is -2.38. The van der Waals surface area contributed by atoms with Gasteiger partial charge < -0.3 is 9.47 Å². The van der Waals surface area contributed by atoms with Crippen molar-refractivity contribution in [3.05, 3.63) is 63.6 Å². The zero-order valence-corrected chi connectivity index (χ0v) is 13.6. The predicted octanol–water partition coefficient (Wildman–Crippen LogP) is 2.71. The van der Waals surface area contributed by atoms with Gasteiger partial charge in [-0.15, -0.1) is 0 Å². The average molecular weight is 342 g/mol. The Kier molecular flexibility index (Phi) is 3.39. The third kappa shape index (κ3) is 2.58. The molecule has 1 aromatic carbocycles. The Labute approximate surface area is 143 Å². The molecule has 1 aromatic heterocycles. The number of carbonyl (C=O) groups is 1. The predicted molar refractivity (Wildman–Crippen MR) is 90.7 cm³/mol. The van der Waals surface area contributed by atoms with E-state index >= 15 is 0 Å². The minimum Gasteiger partial charge on any atom is -0.326 e. The molecule has 4 nitrogen and oxygen atoms in total. The zero-order chi connectivity index (χ0) is 17.8. The molecule has 2 aliphatic rings. The molecular formula is C19H16F2N2O2. The number of amides is 1. The fourth-order valence-electron chi connectivity index (χ4n) is 3.36. The Morgan fingerprint density at radius 1 is 1.16 bits per heavy atom. The number of benzene rings is 1. The molecule has 0 atom stereocenters. The molecule has 1 amide bonds. The highest BCUT2D eigenvalue weighted by atomic mass is 19.3. The van der Waals surface area contributed by atoms with Gasteiger partial charge in [0, 0.05) is 29.9 Å². The summed E-state index contributed by atoms with van der Waals surface area (Å²) in [5.41, 5.74) is 3.85. The van der Waals surface area contributed by atoms with Crippen LogP contribution < -0.4 is 5.56 Å². The Bertz CT molecular complexity index is 951. The molecule has 0 N–H and O–H groups in total. The first kappa shape index (κ1) is 15.7. The second kappa shape index (κ2) is 5.37. The third-order valence-electron chi connectivity index (χ3n) is 4.70. The number of rotatable bonds is 2. The van der Waals surface area contributed by atoms with Gasteiger partial charge in [-0.2, -0.15) is 0 Å². The molecule has 25 heavy (non-hydrogen) atoms. The van der Waals surface area contributed by atoms with Crippen molar-refractivity contribution in [1.82, 2.24) is 9.47 Å². The van der Waals surface area contributed by atoms with E-state index in [9.17, 15) is 18.4 Å². The second-order valence-electron chi connectivity index (χ2n) is 6.55. The number of hydrogen-bond donors (Lipinski definition) is 0. The standard InChI is InChI=1S/C19H16F2N2O2/c1-22-9-16(14-3-2-4-15(14)18(22)25)12-5-7-13(8-6-12)17(24)23-10-19(20,21)11-23/h2-3,5-9H,4,10-11H2,1H3. The number of nitrogens with zero attached hydrogens (tertiary/aromatic N) is 2. The van der Waals surface area contributed by atoms with Crippen molar-refractivity contribution in [2.45, 2.75) is 12.3 Å². The fourth-order valence-corrected chi connectivity index (χ4v) is 3.36. The van der Waals surface area contributed by atoms with E-state index in [1.807, 2.05) is 12.2 Å². The third-order valence-corrected chi connectivity index (χ3v) is 4.70. The number of hydrogen-bond acceptors (Lipinski definition) is 2. The van der Waals surface area contributed by atoms with E-state index in [1.165, 1.54) is 0 Å². The summed E-state index contributed by atoms with van der Waals surface area (Å²) in [6.45, 7) is -1.04. The number of alkyl halides is 2. The van der Waals surface area contributed by atoms with Crippen LogP contribution >= 0.6 is 0 Å². The molecule has 0 saturated carbocycles. The minimum absolute atomic E-state index is 0.00532. The maximum atomic E-state index is 12.9. The van der Waals surface area contributed by atoms with Crippen molar-refractivity contribution in [3.8, 4) is 11.1 Å². The molecule has 0 bridgehead atoms. The topological polar surface area (TPSA) is 42.3 Å². The lowest BCUT2D eigenvalue weighted by atomic mass is 9.98. The van der Waals surface area contributed by atoms with Crippen molar-refractivity contribution >= 4 is 12.0 Å². The molecule has 1 fully saturated rings. The number of likely N-dealkylation sites (tertiary alicyclic amines) is 1. The summed E-state index contributed by atoms with van der Waals surface area (Å²) in [6.07, 6.45) is 6.30. The van der Waals surface area contributed by atoms with E-state index in [-0.39, 0.29) is 11.5 Å². The smallest absolute Gasteiger partial charge is 0.282 e. The summed E-state index contributed by atoms with van der Waals surface area (Å²) >= 11 is 0. The Morgan fingerprint density at radius 2 is 1.84 bits per heavy atom. The minimum atomic E-state index is -2.77. The van der Waals surface area contributed by atoms with Crippen LogP contribution in [0, 0.1) is 0 Å². The largest absolute Gasteiger partial charge is 0.326 e. The van der Waals surface area contributed by atoms with E-state index in [1.54, 1.807) is 42.1 Å². The number of aromatic nitrogens is 1. The van der Waals surface area contributed by atoms with Crippen molar-refractivity contribution in [3.63, 3.8) is 0 Å². The molecule has 0 radical (unpaired) electrons. The first-order valence-corrected chi connectivity index (χ1v) is 8.02. The number of halogens is 2. The molecule has 6 heteroatoms. The van der Waals surface area contributed by atoms with E-state index in [2.05, 4.69) is 0 Å². The molecule has 1 aliphatic carbocycles. The van der Waals surface area contributed by atoms with Crippen LogP contribution in [-0.4, -0.2) is 34.4 Å². The highest BCUT2D eigenvalue weighted by Crippen LogP contribution is 2.31. The van der Waals surface area contributed by atoms with Crippen molar-refractivity contribution < 1.29 is 13.6 Å². The molecule has 0 spiro atoms. The molecule has 1 saturated heterocycles. The number of pyridine rings is 1. The van der Waals surface area contributed by atoms with Gasteiger partial charge >= 0.3 is 0 Å². The summed E-state index contributed by atoms with van der Waals surface area (Å²) in [5.74, 6) is -3.15. The second-order valence-corrected chi connectivity index (χ2v) is 6.55. The van der Waals surface area contributed by atoms with Gasteiger partial charge in [0.2, 0.25) is 0 Å². The van der Waals surface area contributed by atoms with E-state index in [0.29, 0.717) is 12.0 Å². The van der Waals surface area contributed by atoms with Gasteiger partial charge in [0.15, 0.2) is 0 Å². The first-order chi connectivity index (χ1) is 11.9. The lowest BCUT2D eigenvalue weighted by Crippen LogP contribution is -2.58. The van der Waals surface area contributed by atoms with Crippen LogP contribution in [0.3, 0.4) is 0 Å². The Hall–Kier alpha value is -2.76. The summed E-state index contributed by atoms with van der Waals surface area (Å²) in [4.78, 5) is 25.5. The van der Waals surface area contributed by atoms with E-state index in [4.69, 9.17) is 0 Å². The van der Waals surface area contributed by atoms with Crippen LogP contribution in [0.4, 0.5) is 8.78 Å². The highest BCUT2D eigenvalue weighted by molar-refractivity contribution is 5.95. The lowest BCUT2D eigenvalue weighted by molar-refractivity contribution is -0.113. The average Bonchev–Trinajstić information content (AvgIpc) is 3.05. The van der Waals surface area contributed by atoms with Crippen LogP contribution in [0.2, 0.25) is 0 Å². The number of fused-ring (bicyclic) bond motifs is 1.